The van der Waals surface area contributed by atoms with Gasteiger partial charge in [0.25, 0.3) is 10.0 Å². The second-order valence-electron chi connectivity index (χ2n) is 5.33. The number of aryl methyl sites for hydroxylation is 1. The molecule has 1 aromatic carbocycles. The van der Waals surface area contributed by atoms with Crippen LogP contribution in [0.2, 0.25) is 0 Å². The predicted octanol–water partition coefficient (Wildman–Crippen LogP) is 1.92. The Bertz CT molecular complexity index is 783. The van der Waals surface area contributed by atoms with E-state index in [0.717, 1.165) is 22.5 Å². The van der Waals surface area contributed by atoms with Crippen LogP contribution in [0.15, 0.2) is 28.6 Å². The summed E-state index contributed by atoms with van der Waals surface area (Å²) in [5.74, 6) is -0.462. The van der Waals surface area contributed by atoms with E-state index in [9.17, 15) is 13.2 Å². The number of rotatable bonds is 6. The molecule has 2 rings (SSSR count). The van der Waals surface area contributed by atoms with Crippen LogP contribution in [0, 0.1) is 12.8 Å². The highest BCUT2D eigenvalue weighted by atomic mass is 32.2. The molecule has 124 valence electrons. The molecule has 0 aliphatic carbocycles. The van der Waals surface area contributed by atoms with E-state index in [0.29, 0.717) is 0 Å². The third kappa shape index (κ3) is 4.81. The molecule has 0 aliphatic rings. The number of amides is 1. The Balaban J connectivity index is 2.03. The lowest BCUT2D eigenvalue weighted by atomic mass is 10.2. The first-order valence-electron chi connectivity index (χ1n) is 6.97. The molecule has 23 heavy (non-hydrogen) atoms. The smallest absolute Gasteiger partial charge is 0.270 e. The molecule has 0 radical (unpaired) electrons. The summed E-state index contributed by atoms with van der Waals surface area (Å²) in [6.45, 7) is 5.59. The van der Waals surface area contributed by atoms with Gasteiger partial charge in [-0.1, -0.05) is 55.0 Å². The average Bonchev–Trinajstić information content (AvgIpc) is 2.96. The summed E-state index contributed by atoms with van der Waals surface area (Å²) < 4.78 is 26.7. The first-order valence-corrected chi connectivity index (χ1v) is 9.27. The Labute approximate surface area is 139 Å². The molecule has 0 saturated heterocycles. The van der Waals surface area contributed by atoms with Crippen molar-refractivity contribution < 1.29 is 13.2 Å². The van der Waals surface area contributed by atoms with Gasteiger partial charge in [0.15, 0.2) is 0 Å². The van der Waals surface area contributed by atoms with E-state index in [1.54, 1.807) is 13.8 Å². The Morgan fingerprint density at radius 2 is 1.87 bits per heavy atom. The van der Waals surface area contributed by atoms with Gasteiger partial charge in [-0.05, 0) is 12.5 Å². The molecule has 0 atom stereocenters. The SMILES string of the molecule is Cc1ccc(CNS(=O)(=O)c2nnc(NC(=O)C(C)C)s2)cc1. The number of benzene rings is 1. The van der Waals surface area contributed by atoms with Crippen molar-refractivity contribution in [3.8, 4) is 0 Å². The highest BCUT2D eigenvalue weighted by molar-refractivity contribution is 7.91. The molecule has 7 nitrogen and oxygen atoms in total. The summed E-state index contributed by atoms with van der Waals surface area (Å²) in [6, 6.07) is 7.53. The minimum atomic E-state index is -3.76. The Kier molecular flexibility index (Phi) is 5.45. The summed E-state index contributed by atoms with van der Waals surface area (Å²) in [5, 5.41) is 10.0. The summed E-state index contributed by atoms with van der Waals surface area (Å²) in [4.78, 5) is 11.6. The van der Waals surface area contributed by atoms with Gasteiger partial charge in [0.2, 0.25) is 15.4 Å². The first kappa shape index (κ1) is 17.5. The normalized spacial score (nSPS) is 11.7. The molecule has 0 saturated carbocycles. The van der Waals surface area contributed by atoms with Crippen LogP contribution >= 0.6 is 11.3 Å². The zero-order valence-corrected chi connectivity index (χ0v) is 14.7. The van der Waals surface area contributed by atoms with Crippen LogP contribution < -0.4 is 10.0 Å². The molecule has 1 amide bonds. The molecule has 1 heterocycles. The minimum Gasteiger partial charge on any atom is -0.300 e. The molecule has 0 spiro atoms. The van der Waals surface area contributed by atoms with E-state index in [1.165, 1.54) is 0 Å². The molecule has 0 unspecified atom stereocenters. The van der Waals surface area contributed by atoms with E-state index in [2.05, 4.69) is 20.2 Å². The fourth-order valence-corrected chi connectivity index (χ4v) is 3.53. The van der Waals surface area contributed by atoms with Crippen molar-refractivity contribution in [2.24, 2.45) is 5.92 Å². The average molecular weight is 354 g/mol. The van der Waals surface area contributed by atoms with E-state index < -0.39 is 10.0 Å². The quantitative estimate of drug-likeness (QED) is 0.772. The standard InChI is InChI=1S/C14H18N4O3S2/c1-9(2)12(19)16-13-17-18-14(22-13)23(20,21)15-8-11-6-4-10(3)5-7-11/h4-7,9,15H,8H2,1-3H3,(H,16,17,19). The Hall–Kier alpha value is -1.84. The van der Waals surface area contributed by atoms with Gasteiger partial charge in [-0.25, -0.2) is 13.1 Å². The van der Waals surface area contributed by atoms with E-state index in [-0.39, 0.29) is 27.8 Å². The number of hydrogen-bond donors (Lipinski definition) is 2. The lowest BCUT2D eigenvalue weighted by molar-refractivity contribution is -0.118. The van der Waals surface area contributed by atoms with Gasteiger partial charge >= 0.3 is 0 Å². The van der Waals surface area contributed by atoms with Gasteiger partial charge in [0.1, 0.15) is 0 Å². The van der Waals surface area contributed by atoms with Crippen molar-refractivity contribution >= 4 is 32.4 Å². The molecule has 9 heteroatoms. The molecule has 0 bridgehead atoms. The highest BCUT2D eigenvalue weighted by Crippen LogP contribution is 2.20. The fraction of sp³-hybridized carbons (Fsp3) is 0.357. The third-order valence-corrected chi connectivity index (χ3v) is 5.59. The number of aromatic nitrogens is 2. The van der Waals surface area contributed by atoms with Gasteiger partial charge in [-0.3, -0.25) is 4.79 Å². The monoisotopic (exact) mass is 354 g/mol. The van der Waals surface area contributed by atoms with Crippen LogP contribution in [0.4, 0.5) is 5.13 Å². The molecule has 1 aromatic heterocycles. The van der Waals surface area contributed by atoms with Crippen LogP contribution in [0.25, 0.3) is 0 Å². The number of sulfonamides is 1. The third-order valence-electron chi connectivity index (χ3n) is 2.98. The lowest BCUT2D eigenvalue weighted by Gasteiger charge is -2.04. The first-order chi connectivity index (χ1) is 10.8. The second kappa shape index (κ2) is 7.16. The van der Waals surface area contributed by atoms with Crippen LogP contribution in [-0.2, 0) is 21.4 Å². The number of carbonyl (C=O) groups is 1. The number of hydrogen-bond acceptors (Lipinski definition) is 6. The second-order valence-corrected chi connectivity index (χ2v) is 8.25. The maximum atomic E-state index is 12.2. The zero-order valence-electron chi connectivity index (χ0n) is 13.0. The predicted molar refractivity (Wildman–Crippen MR) is 88.6 cm³/mol. The van der Waals surface area contributed by atoms with Crippen LogP contribution in [0.3, 0.4) is 0 Å². The number of nitrogens with zero attached hydrogens (tertiary/aromatic N) is 2. The van der Waals surface area contributed by atoms with Gasteiger partial charge in [-0.2, -0.15) is 0 Å². The summed E-state index contributed by atoms with van der Waals surface area (Å²) in [5.41, 5.74) is 1.95. The molecule has 2 N–H and O–H groups in total. The molecular formula is C14H18N4O3S2. The lowest BCUT2D eigenvalue weighted by Crippen LogP contribution is -2.23. The van der Waals surface area contributed by atoms with Crippen molar-refractivity contribution in [3.05, 3.63) is 35.4 Å². The van der Waals surface area contributed by atoms with E-state index in [1.807, 2.05) is 31.2 Å². The van der Waals surface area contributed by atoms with Gasteiger partial charge in [0, 0.05) is 12.5 Å². The van der Waals surface area contributed by atoms with Crippen molar-refractivity contribution in [1.82, 2.24) is 14.9 Å². The molecule has 0 fully saturated rings. The summed E-state index contributed by atoms with van der Waals surface area (Å²) in [6.07, 6.45) is 0. The van der Waals surface area contributed by atoms with Crippen molar-refractivity contribution in [1.29, 1.82) is 0 Å². The Morgan fingerprint density at radius 3 is 2.48 bits per heavy atom. The topological polar surface area (TPSA) is 101 Å². The maximum absolute atomic E-state index is 12.2. The minimum absolute atomic E-state index is 0.163. The zero-order chi connectivity index (χ0) is 17.0. The van der Waals surface area contributed by atoms with Gasteiger partial charge in [-0.15, -0.1) is 10.2 Å². The van der Waals surface area contributed by atoms with Gasteiger partial charge in [0.05, 0.1) is 0 Å². The van der Waals surface area contributed by atoms with Crippen molar-refractivity contribution in [2.45, 2.75) is 31.7 Å². The maximum Gasteiger partial charge on any atom is 0.270 e. The number of anilines is 1. The van der Waals surface area contributed by atoms with Crippen LogP contribution in [-0.4, -0.2) is 24.5 Å². The molecular weight excluding hydrogens is 336 g/mol. The van der Waals surface area contributed by atoms with E-state index in [4.69, 9.17) is 0 Å². The highest BCUT2D eigenvalue weighted by Gasteiger charge is 2.21. The number of nitrogens with one attached hydrogen (secondary N) is 2. The molecule has 0 aliphatic heterocycles. The van der Waals surface area contributed by atoms with E-state index >= 15 is 0 Å². The summed E-state index contributed by atoms with van der Waals surface area (Å²) in [7, 11) is -3.76. The largest absolute Gasteiger partial charge is 0.300 e. The van der Waals surface area contributed by atoms with Crippen LogP contribution in [0.5, 0.6) is 0 Å². The number of carbonyl (C=O) groups excluding carboxylic acids is 1. The van der Waals surface area contributed by atoms with Crippen molar-refractivity contribution in [3.63, 3.8) is 0 Å². The fourth-order valence-electron chi connectivity index (χ4n) is 1.56. The van der Waals surface area contributed by atoms with Crippen molar-refractivity contribution in [2.75, 3.05) is 5.32 Å². The van der Waals surface area contributed by atoms with Gasteiger partial charge < -0.3 is 5.32 Å². The molecule has 2 aromatic rings. The Morgan fingerprint density at radius 1 is 1.22 bits per heavy atom. The summed E-state index contributed by atoms with van der Waals surface area (Å²) >= 11 is 0.819. The van der Waals surface area contributed by atoms with Crippen LogP contribution in [0.1, 0.15) is 25.0 Å².